The minimum atomic E-state index is -0.473. The lowest BCUT2D eigenvalue weighted by Gasteiger charge is -2.17. The second-order valence-electron chi connectivity index (χ2n) is 6.32. The van der Waals surface area contributed by atoms with E-state index in [2.05, 4.69) is 23.4 Å². The number of amides is 3. The molecule has 0 fully saturated rings. The fourth-order valence-electron chi connectivity index (χ4n) is 2.67. The number of hydrogen-bond acceptors (Lipinski definition) is 5. The van der Waals surface area contributed by atoms with Gasteiger partial charge in [0.25, 0.3) is 5.91 Å². The van der Waals surface area contributed by atoms with Crippen molar-refractivity contribution in [3.8, 4) is 11.5 Å². The molecule has 0 saturated heterocycles. The molecule has 0 spiro atoms. The molecule has 0 atom stereocenters. The third-order valence-electron chi connectivity index (χ3n) is 4.32. The molecule has 0 aromatic heterocycles. The maximum absolute atomic E-state index is 12.5. The molecule has 3 aromatic rings. The van der Waals surface area contributed by atoms with Gasteiger partial charge in [-0.3, -0.25) is 4.79 Å². The molecule has 0 aliphatic heterocycles. The molecule has 0 heterocycles. The van der Waals surface area contributed by atoms with E-state index in [0.29, 0.717) is 39.1 Å². The average Bonchev–Trinajstić information content (AvgIpc) is 2.79. The summed E-state index contributed by atoms with van der Waals surface area (Å²) < 4.78 is 11.3. The van der Waals surface area contributed by atoms with Gasteiger partial charge in [0.2, 0.25) is 0 Å². The van der Waals surface area contributed by atoms with Gasteiger partial charge in [-0.25, -0.2) is 9.10 Å². The summed E-state index contributed by atoms with van der Waals surface area (Å²) in [5.74, 6) is 0.923. The third kappa shape index (κ3) is 5.62. The molecule has 0 radical (unpaired) electrons. The van der Waals surface area contributed by atoms with Crippen molar-refractivity contribution in [3.63, 3.8) is 0 Å². The van der Waals surface area contributed by atoms with Crippen LogP contribution in [0.2, 0.25) is 5.02 Å². The molecule has 2 N–H and O–H groups in total. The highest BCUT2D eigenvalue weighted by Gasteiger charge is 2.14. The Hall–Kier alpha value is -3.36. The van der Waals surface area contributed by atoms with Gasteiger partial charge in [0, 0.05) is 16.9 Å². The molecule has 7 nitrogen and oxygen atoms in total. The highest BCUT2D eigenvalue weighted by atomic mass is 35.5. The Morgan fingerprint density at radius 1 is 0.871 bits per heavy atom. The predicted molar refractivity (Wildman–Crippen MR) is 126 cm³/mol. The van der Waals surface area contributed by atoms with E-state index in [0.717, 1.165) is 4.31 Å². The fraction of sp³-hybridized carbons (Fsp3) is 0.0909. The lowest BCUT2D eigenvalue weighted by atomic mass is 10.2. The van der Waals surface area contributed by atoms with Crippen LogP contribution < -0.4 is 24.4 Å². The molecule has 3 amide bonds. The van der Waals surface area contributed by atoms with Gasteiger partial charge < -0.3 is 20.1 Å². The second-order valence-corrected chi connectivity index (χ2v) is 7.13. The van der Waals surface area contributed by atoms with Gasteiger partial charge in [0.05, 0.1) is 24.9 Å². The smallest absolute Gasteiger partial charge is 0.336 e. The first-order valence-corrected chi connectivity index (χ1v) is 9.88. The van der Waals surface area contributed by atoms with Crippen molar-refractivity contribution in [2.75, 3.05) is 29.2 Å². The van der Waals surface area contributed by atoms with Crippen LogP contribution in [0, 0.1) is 0 Å². The van der Waals surface area contributed by atoms with E-state index >= 15 is 0 Å². The van der Waals surface area contributed by atoms with Crippen LogP contribution in [0.5, 0.6) is 11.5 Å². The van der Waals surface area contributed by atoms with Crippen LogP contribution in [0.15, 0.2) is 66.7 Å². The number of anilines is 3. The van der Waals surface area contributed by atoms with E-state index in [-0.39, 0.29) is 5.91 Å². The van der Waals surface area contributed by atoms with E-state index in [1.807, 2.05) is 0 Å². The van der Waals surface area contributed by atoms with Crippen LogP contribution in [0.4, 0.5) is 21.9 Å². The zero-order valence-electron chi connectivity index (χ0n) is 16.8. The number of ether oxygens (including phenoxy) is 2. The summed E-state index contributed by atoms with van der Waals surface area (Å²) in [6, 6.07) is 17.9. The van der Waals surface area contributed by atoms with Gasteiger partial charge in [0.15, 0.2) is 0 Å². The number of carbonyl (C=O) groups excluding carboxylic acids is 2. The van der Waals surface area contributed by atoms with Gasteiger partial charge in [0.1, 0.15) is 11.5 Å². The Morgan fingerprint density at radius 2 is 1.52 bits per heavy atom. The minimum absolute atomic E-state index is 0.257. The third-order valence-corrected chi connectivity index (χ3v) is 5.03. The number of nitrogens with one attached hydrogen (secondary N) is 2. The summed E-state index contributed by atoms with van der Waals surface area (Å²) in [7, 11) is 3.08. The Bertz CT molecular complexity index is 1080. The summed E-state index contributed by atoms with van der Waals surface area (Å²) in [4.78, 5) is 24.8. The molecule has 0 saturated carbocycles. The van der Waals surface area contributed by atoms with E-state index in [4.69, 9.17) is 21.1 Å². The Labute approximate surface area is 190 Å². The summed E-state index contributed by atoms with van der Waals surface area (Å²) in [5.41, 5.74) is 2.09. The highest BCUT2D eigenvalue weighted by molar-refractivity contribution is 7.82. The van der Waals surface area contributed by atoms with Crippen molar-refractivity contribution in [2.45, 2.75) is 0 Å². The van der Waals surface area contributed by atoms with Crippen LogP contribution in [0.25, 0.3) is 0 Å². The molecular formula is C22H20ClN3O4S. The van der Waals surface area contributed by atoms with Crippen molar-refractivity contribution in [1.29, 1.82) is 0 Å². The molecule has 0 bridgehead atoms. The first kappa shape index (κ1) is 22.3. The second kappa shape index (κ2) is 10.1. The van der Waals surface area contributed by atoms with E-state index in [9.17, 15) is 9.59 Å². The predicted octanol–water partition coefficient (Wildman–Crippen LogP) is 5.49. The van der Waals surface area contributed by atoms with E-state index in [1.165, 1.54) is 7.11 Å². The molecule has 31 heavy (non-hydrogen) atoms. The maximum Gasteiger partial charge on any atom is 0.336 e. The Kier molecular flexibility index (Phi) is 7.28. The number of carbonyl (C=O) groups is 2. The number of thiol groups is 1. The number of methoxy groups -OCH3 is 2. The average molecular weight is 458 g/mol. The summed E-state index contributed by atoms with van der Waals surface area (Å²) >= 11 is 10.3. The standard InChI is InChI=1S/C22H20ClN3O4S/c1-29-18-10-3-14(4-11-18)21(27)24-15-5-8-17(9-6-15)26(31)22(28)25-16-7-12-20(30-2)19(23)13-16/h3-13,31H,1-2H3,(H,24,27)(H,25,28). The molecular weight excluding hydrogens is 438 g/mol. The zero-order valence-corrected chi connectivity index (χ0v) is 18.4. The van der Waals surface area contributed by atoms with Crippen molar-refractivity contribution in [1.82, 2.24) is 0 Å². The Balaban J connectivity index is 1.62. The maximum atomic E-state index is 12.5. The quantitative estimate of drug-likeness (QED) is 0.427. The first-order chi connectivity index (χ1) is 14.9. The van der Waals surface area contributed by atoms with Crippen molar-refractivity contribution < 1.29 is 19.1 Å². The normalized spacial score (nSPS) is 10.2. The number of benzene rings is 3. The Morgan fingerprint density at radius 3 is 2.10 bits per heavy atom. The summed E-state index contributed by atoms with van der Waals surface area (Å²) in [6.45, 7) is 0. The largest absolute Gasteiger partial charge is 0.497 e. The van der Waals surface area contributed by atoms with Crippen LogP contribution in [-0.2, 0) is 0 Å². The van der Waals surface area contributed by atoms with Crippen molar-refractivity contribution in [3.05, 3.63) is 77.3 Å². The number of hydrogen-bond donors (Lipinski definition) is 3. The number of nitrogens with zero attached hydrogens (tertiary/aromatic N) is 1. The van der Waals surface area contributed by atoms with Gasteiger partial charge in [-0.2, -0.15) is 0 Å². The monoisotopic (exact) mass is 457 g/mol. The van der Waals surface area contributed by atoms with Crippen LogP contribution in [0.3, 0.4) is 0 Å². The molecule has 3 rings (SSSR count). The highest BCUT2D eigenvalue weighted by Crippen LogP contribution is 2.28. The molecule has 0 aliphatic carbocycles. The molecule has 160 valence electrons. The van der Waals surface area contributed by atoms with Gasteiger partial charge in [-0.1, -0.05) is 24.4 Å². The topological polar surface area (TPSA) is 79.9 Å². The van der Waals surface area contributed by atoms with Gasteiger partial charge in [-0.05, 0) is 66.7 Å². The van der Waals surface area contributed by atoms with Crippen LogP contribution >= 0.6 is 24.4 Å². The number of halogens is 1. The summed E-state index contributed by atoms with van der Waals surface area (Å²) in [6.07, 6.45) is 0. The molecule has 0 unspecified atom stereocenters. The fourth-order valence-corrected chi connectivity index (χ4v) is 3.11. The van der Waals surface area contributed by atoms with Gasteiger partial charge in [-0.15, -0.1) is 0 Å². The van der Waals surface area contributed by atoms with Gasteiger partial charge >= 0.3 is 6.03 Å². The molecule has 3 aromatic carbocycles. The number of rotatable bonds is 6. The minimum Gasteiger partial charge on any atom is -0.497 e. The lowest BCUT2D eigenvalue weighted by molar-refractivity contribution is 0.102. The van der Waals surface area contributed by atoms with Crippen molar-refractivity contribution >= 4 is 53.4 Å². The van der Waals surface area contributed by atoms with E-state index < -0.39 is 6.03 Å². The van der Waals surface area contributed by atoms with Crippen LogP contribution in [-0.4, -0.2) is 26.2 Å². The lowest BCUT2D eigenvalue weighted by Crippen LogP contribution is -2.26. The summed E-state index contributed by atoms with van der Waals surface area (Å²) in [5, 5.41) is 5.88. The molecule has 9 heteroatoms. The SMILES string of the molecule is COc1ccc(C(=O)Nc2ccc(N(S)C(=O)Nc3ccc(OC)c(Cl)c3)cc2)cc1. The van der Waals surface area contributed by atoms with Crippen molar-refractivity contribution in [2.24, 2.45) is 0 Å². The van der Waals surface area contributed by atoms with Crippen LogP contribution in [0.1, 0.15) is 10.4 Å². The zero-order chi connectivity index (χ0) is 22.4. The van der Waals surface area contributed by atoms with E-state index in [1.54, 1.807) is 73.8 Å². The molecule has 0 aliphatic rings. The number of urea groups is 1. The first-order valence-electron chi connectivity index (χ1n) is 9.10.